The topological polar surface area (TPSA) is 69.6 Å². The van der Waals surface area contributed by atoms with Crippen molar-refractivity contribution in [2.75, 3.05) is 6.61 Å². The normalized spacial score (nSPS) is 13.2. The molecule has 0 heterocycles. The van der Waals surface area contributed by atoms with Crippen molar-refractivity contribution in [3.63, 3.8) is 0 Å². The SMILES string of the molecule is CCCCC/C=C\C/C=C\C/C=C\CCCCCCCCC(=O)NC(CO)C(O)/C=C/CCCCCCCCCCCCCCCCCCCCCCCCCCCCCC. The average Bonchev–Trinajstić information content (AvgIpc) is 3.26. The van der Waals surface area contributed by atoms with Gasteiger partial charge in [-0.2, -0.15) is 0 Å². The van der Waals surface area contributed by atoms with Gasteiger partial charge in [0.15, 0.2) is 0 Å². The minimum Gasteiger partial charge on any atom is -0.394 e. The number of unbranched alkanes of at least 4 members (excludes halogenated alkanes) is 37. The Balaban J connectivity index is 3.50. The van der Waals surface area contributed by atoms with Crippen molar-refractivity contribution >= 4 is 5.91 Å². The fourth-order valence-corrected chi connectivity index (χ4v) is 8.36. The molecule has 0 aromatic heterocycles. The summed E-state index contributed by atoms with van der Waals surface area (Å²) in [4.78, 5) is 12.4. The molecule has 61 heavy (non-hydrogen) atoms. The molecule has 0 radical (unpaired) electrons. The van der Waals surface area contributed by atoms with E-state index in [1.54, 1.807) is 6.08 Å². The van der Waals surface area contributed by atoms with E-state index in [1.807, 2.05) is 6.08 Å². The molecule has 358 valence electrons. The standard InChI is InChI=1S/C57H107NO3/c1-3-5-7-9-11-13-15-17-19-21-23-24-25-26-27-28-29-30-31-32-33-35-36-38-40-42-44-46-48-50-52-56(60)55(54-59)58-57(61)53-51-49-47-45-43-41-39-37-34-22-20-18-16-14-12-10-8-6-4-2/h12,14,18,20,34,37,50,52,55-56,59-60H,3-11,13,15-17,19,21-33,35-36,38-49,51,53-54H2,1-2H3,(H,58,61)/b14-12-,20-18-,37-34-,52-50+. The molecule has 4 heteroatoms. The van der Waals surface area contributed by atoms with E-state index in [1.165, 1.54) is 218 Å². The van der Waals surface area contributed by atoms with Gasteiger partial charge < -0.3 is 15.5 Å². The van der Waals surface area contributed by atoms with Gasteiger partial charge >= 0.3 is 0 Å². The lowest BCUT2D eigenvalue weighted by Gasteiger charge is -2.20. The fraction of sp³-hybridized carbons (Fsp3) is 0.842. The van der Waals surface area contributed by atoms with Crippen molar-refractivity contribution in [2.24, 2.45) is 0 Å². The largest absolute Gasteiger partial charge is 0.394 e. The molecule has 0 aromatic carbocycles. The molecule has 2 unspecified atom stereocenters. The maximum Gasteiger partial charge on any atom is 0.220 e. The summed E-state index contributed by atoms with van der Waals surface area (Å²) in [7, 11) is 0. The predicted octanol–water partition coefficient (Wildman–Crippen LogP) is 17.9. The highest BCUT2D eigenvalue weighted by Gasteiger charge is 2.18. The Kier molecular flexibility index (Phi) is 51.3. The van der Waals surface area contributed by atoms with Crippen LogP contribution in [0.2, 0.25) is 0 Å². The molecule has 0 rings (SSSR count). The third-order valence-corrected chi connectivity index (χ3v) is 12.6. The van der Waals surface area contributed by atoms with Crippen molar-refractivity contribution < 1.29 is 15.0 Å². The van der Waals surface area contributed by atoms with Crippen molar-refractivity contribution in [3.8, 4) is 0 Å². The van der Waals surface area contributed by atoms with Gasteiger partial charge in [0, 0.05) is 6.42 Å². The molecular formula is C57H107NO3. The highest BCUT2D eigenvalue weighted by atomic mass is 16.3. The van der Waals surface area contributed by atoms with Crippen LogP contribution in [0.25, 0.3) is 0 Å². The summed E-state index contributed by atoms with van der Waals surface area (Å²) in [6, 6.07) is -0.631. The third kappa shape index (κ3) is 49.2. The van der Waals surface area contributed by atoms with Crippen molar-refractivity contribution in [1.29, 1.82) is 0 Å². The van der Waals surface area contributed by atoms with Crippen molar-refractivity contribution in [2.45, 2.75) is 302 Å². The van der Waals surface area contributed by atoms with Crippen LogP contribution in [0.4, 0.5) is 0 Å². The van der Waals surface area contributed by atoms with Gasteiger partial charge in [-0.15, -0.1) is 0 Å². The quantitative estimate of drug-likeness (QED) is 0.0422. The summed E-state index contributed by atoms with van der Waals surface area (Å²) in [5, 5.41) is 23.1. The highest BCUT2D eigenvalue weighted by Crippen LogP contribution is 2.17. The van der Waals surface area contributed by atoms with Crippen LogP contribution in [-0.4, -0.2) is 34.9 Å². The lowest BCUT2D eigenvalue weighted by Crippen LogP contribution is -2.45. The molecule has 0 bridgehead atoms. The smallest absolute Gasteiger partial charge is 0.220 e. The first-order valence-electron chi connectivity index (χ1n) is 27.4. The zero-order valence-electron chi connectivity index (χ0n) is 41.2. The van der Waals surface area contributed by atoms with E-state index in [2.05, 4.69) is 55.6 Å². The van der Waals surface area contributed by atoms with E-state index in [0.717, 1.165) is 51.4 Å². The van der Waals surface area contributed by atoms with Crippen LogP contribution in [0.3, 0.4) is 0 Å². The Bertz CT molecular complexity index is 970. The first kappa shape index (κ1) is 59.4. The molecule has 1 amide bonds. The molecule has 0 fully saturated rings. The molecule has 0 aliphatic heterocycles. The molecule has 0 spiro atoms. The van der Waals surface area contributed by atoms with Gasteiger partial charge in [0.1, 0.15) is 0 Å². The van der Waals surface area contributed by atoms with Gasteiger partial charge in [0.25, 0.3) is 0 Å². The second kappa shape index (κ2) is 52.7. The number of allylic oxidation sites excluding steroid dienone is 7. The van der Waals surface area contributed by atoms with Gasteiger partial charge in [-0.05, 0) is 57.8 Å². The number of carbonyl (C=O) groups is 1. The van der Waals surface area contributed by atoms with Crippen LogP contribution < -0.4 is 5.32 Å². The molecule has 0 saturated heterocycles. The number of amides is 1. The minimum absolute atomic E-state index is 0.0746. The zero-order valence-corrected chi connectivity index (χ0v) is 41.2. The van der Waals surface area contributed by atoms with E-state index in [9.17, 15) is 15.0 Å². The second-order valence-electron chi connectivity index (χ2n) is 18.7. The van der Waals surface area contributed by atoms with E-state index in [-0.39, 0.29) is 12.5 Å². The third-order valence-electron chi connectivity index (χ3n) is 12.6. The molecule has 4 nitrogen and oxygen atoms in total. The van der Waals surface area contributed by atoms with Crippen molar-refractivity contribution in [3.05, 3.63) is 48.6 Å². The summed E-state index contributed by atoms with van der Waals surface area (Å²) in [6.07, 6.45) is 72.7. The molecule has 0 aromatic rings. The highest BCUT2D eigenvalue weighted by molar-refractivity contribution is 5.76. The lowest BCUT2D eigenvalue weighted by molar-refractivity contribution is -0.123. The summed E-state index contributed by atoms with van der Waals surface area (Å²) in [5.74, 6) is -0.0746. The van der Waals surface area contributed by atoms with Crippen LogP contribution in [-0.2, 0) is 4.79 Å². The molecule has 0 aliphatic carbocycles. The molecule has 0 saturated carbocycles. The Morgan fingerprint density at radius 1 is 0.393 bits per heavy atom. The van der Waals surface area contributed by atoms with Crippen LogP contribution in [0.1, 0.15) is 290 Å². The number of aliphatic hydroxyl groups is 2. The van der Waals surface area contributed by atoms with Gasteiger partial charge in [-0.3, -0.25) is 4.79 Å². The maximum atomic E-state index is 12.4. The maximum absolute atomic E-state index is 12.4. The molecule has 0 aliphatic rings. The second-order valence-corrected chi connectivity index (χ2v) is 18.7. The number of carbonyl (C=O) groups excluding carboxylic acids is 1. The zero-order chi connectivity index (χ0) is 44.2. The lowest BCUT2D eigenvalue weighted by atomic mass is 10.0. The Morgan fingerprint density at radius 2 is 0.672 bits per heavy atom. The summed E-state index contributed by atoms with van der Waals surface area (Å²) in [5.41, 5.74) is 0. The first-order valence-corrected chi connectivity index (χ1v) is 27.4. The van der Waals surface area contributed by atoms with E-state index in [4.69, 9.17) is 0 Å². The Hall–Kier alpha value is -1.65. The predicted molar refractivity (Wildman–Crippen MR) is 271 cm³/mol. The van der Waals surface area contributed by atoms with E-state index in [0.29, 0.717) is 6.42 Å². The van der Waals surface area contributed by atoms with Gasteiger partial charge in [0.05, 0.1) is 18.8 Å². The monoisotopic (exact) mass is 854 g/mol. The van der Waals surface area contributed by atoms with Crippen LogP contribution >= 0.6 is 0 Å². The number of aliphatic hydroxyl groups excluding tert-OH is 2. The number of rotatable bonds is 50. The summed E-state index contributed by atoms with van der Waals surface area (Å²) in [6.45, 7) is 4.30. The van der Waals surface area contributed by atoms with Gasteiger partial charge in [-0.25, -0.2) is 0 Å². The first-order chi connectivity index (χ1) is 30.2. The van der Waals surface area contributed by atoms with Gasteiger partial charge in [-0.1, -0.05) is 274 Å². The van der Waals surface area contributed by atoms with Crippen LogP contribution in [0.5, 0.6) is 0 Å². The Morgan fingerprint density at radius 3 is 1.03 bits per heavy atom. The Labute approximate surface area is 382 Å². The average molecular weight is 854 g/mol. The van der Waals surface area contributed by atoms with E-state index < -0.39 is 12.1 Å². The molecular weight excluding hydrogens is 747 g/mol. The van der Waals surface area contributed by atoms with Gasteiger partial charge in [0.2, 0.25) is 5.91 Å². The molecule has 2 atom stereocenters. The number of hydrogen-bond donors (Lipinski definition) is 3. The van der Waals surface area contributed by atoms with Crippen molar-refractivity contribution in [1.82, 2.24) is 5.32 Å². The minimum atomic E-state index is -0.847. The summed E-state index contributed by atoms with van der Waals surface area (Å²) >= 11 is 0. The number of hydrogen-bond acceptors (Lipinski definition) is 3. The fourth-order valence-electron chi connectivity index (χ4n) is 8.36. The molecule has 3 N–H and O–H groups in total. The van der Waals surface area contributed by atoms with Crippen LogP contribution in [0.15, 0.2) is 48.6 Å². The number of nitrogens with one attached hydrogen (secondary N) is 1. The van der Waals surface area contributed by atoms with Crippen LogP contribution in [0, 0.1) is 0 Å². The summed E-state index contributed by atoms with van der Waals surface area (Å²) < 4.78 is 0. The van der Waals surface area contributed by atoms with E-state index >= 15 is 0 Å².